The molecule has 112 valence electrons. The molecule has 22 heavy (non-hydrogen) atoms. The Balaban J connectivity index is 1.53. The third-order valence-electron chi connectivity index (χ3n) is 3.05. The average molecular weight is 297 g/mol. The van der Waals surface area contributed by atoms with Crippen LogP contribution in [0.5, 0.6) is 0 Å². The molecule has 3 rings (SSSR count). The summed E-state index contributed by atoms with van der Waals surface area (Å²) in [5.41, 5.74) is 1.18. The maximum absolute atomic E-state index is 11.9. The zero-order chi connectivity index (χ0) is 15.2. The molecule has 0 aliphatic rings. The summed E-state index contributed by atoms with van der Waals surface area (Å²) in [6.45, 7) is 0.907. The number of hydrogen-bond donors (Lipinski definition) is 2. The highest BCUT2D eigenvalue weighted by atomic mass is 16.3. The number of pyridine rings is 1. The molecular weight excluding hydrogens is 282 g/mol. The molecule has 0 radical (unpaired) electrons. The molecule has 2 N–H and O–H groups in total. The minimum atomic E-state index is -0.242. The standard InChI is InChI=1S/C16H15N3O3/c20-16(19-11-14-4-2-8-22-14)15-6-5-12(9-18-15)17-10-13-3-1-7-21-13/h1-9,17H,10-11H2,(H,19,20). The number of carbonyl (C=O) groups is 1. The molecule has 0 fully saturated rings. The number of hydrogen-bond acceptors (Lipinski definition) is 5. The van der Waals surface area contributed by atoms with E-state index in [1.165, 1.54) is 0 Å². The molecule has 0 saturated heterocycles. The van der Waals surface area contributed by atoms with Gasteiger partial charge < -0.3 is 19.5 Å². The summed E-state index contributed by atoms with van der Waals surface area (Å²) >= 11 is 0. The van der Waals surface area contributed by atoms with Crippen molar-refractivity contribution in [3.63, 3.8) is 0 Å². The Morgan fingerprint density at radius 3 is 2.32 bits per heavy atom. The first-order valence-corrected chi connectivity index (χ1v) is 6.84. The number of furan rings is 2. The Hall–Kier alpha value is -3.02. The highest BCUT2D eigenvalue weighted by molar-refractivity contribution is 5.92. The number of rotatable bonds is 6. The minimum Gasteiger partial charge on any atom is -0.467 e. The van der Waals surface area contributed by atoms with Crippen LogP contribution in [0.2, 0.25) is 0 Å². The number of aromatic nitrogens is 1. The third kappa shape index (κ3) is 3.54. The molecule has 0 bridgehead atoms. The molecule has 0 aromatic carbocycles. The van der Waals surface area contributed by atoms with Crippen molar-refractivity contribution in [1.29, 1.82) is 0 Å². The summed E-state index contributed by atoms with van der Waals surface area (Å²) in [6, 6.07) is 10.8. The van der Waals surface area contributed by atoms with E-state index in [0.717, 1.165) is 11.4 Å². The Labute approximate surface area is 127 Å². The maximum Gasteiger partial charge on any atom is 0.270 e. The molecule has 3 aromatic heterocycles. The van der Waals surface area contributed by atoms with Crippen LogP contribution in [0.3, 0.4) is 0 Å². The summed E-state index contributed by atoms with van der Waals surface area (Å²) < 4.78 is 10.4. The van der Waals surface area contributed by atoms with E-state index in [2.05, 4.69) is 15.6 Å². The van der Waals surface area contributed by atoms with Gasteiger partial charge in [0, 0.05) is 0 Å². The van der Waals surface area contributed by atoms with Crippen LogP contribution in [0.25, 0.3) is 0 Å². The van der Waals surface area contributed by atoms with Gasteiger partial charge in [-0.3, -0.25) is 4.79 Å². The van der Waals surface area contributed by atoms with Crippen LogP contribution in [0.4, 0.5) is 5.69 Å². The molecule has 0 unspecified atom stereocenters. The number of anilines is 1. The van der Waals surface area contributed by atoms with Gasteiger partial charge in [0.2, 0.25) is 0 Å². The van der Waals surface area contributed by atoms with E-state index in [-0.39, 0.29) is 5.91 Å². The molecule has 3 aromatic rings. The summed E-state index contributed by atoms with van der Waals surface area (Å²) in [5.74, 6) is 1.29. The van der Waals surface area contributed by atoms with Crippen molar-refractivity contribution in [2.75, 3.05) is 5.32 Å². The molecule has 3 heterocycles. The van der Waals surface area contributed by atoms with Crippen molar-refractivity contribution < 1.29 is 13.6 Å². The van der Waals surface area contributed by atoms with Gasteiger partial charge in [0.25, 0.3) is 5.91 Å². The maximum atomic E-state index is 11.9. The van der Waals surface area contributed by atoms with Crippen molar-refractivity contribution >= 4 is 11.6 Å². The first-order valence-electron chi connectivity index (χ1n) is 6.84. The molecule has 6 heteroatoms. The SMILES string of the molecule is O=C(NCc1ccco1)c1ccc(NCc2ccco2)cn1. The third-order valence-corrected chi connectivity index (χ3v) is 3.05. The molecule has 0 aliphatic carbocycles. The largest absolute Gasteiger partial charge is 0.467 e. The van der Waals surface area contributed by atoms with Crippen molar-refractivity contribution in [2.45, 2.75) is 13.1 Å². The second kappa shape index (κ2) is 6.62. The number of amides is 1. The summed E-state index contributed by atoms with van der Waals surface area (Å²) in [5, 5.41) is 5.91. The van der Waals surface area contributed by atoms with Gasteiger partial charge in [-0.2, -0.15) is 0 Å². The fourth-order valence-electron chi connectivity index (χ4n) is 1.91. The van der Waals surface area contributed by atoms with Gasteiger partial charge in [-0.05, 0) is 36.4 Å². The van der Waals surface area contributed by atoms with Gasteiger partial charge in [0.1, 0.15) is 17.2 Å². The van der Waals surface area contributed by atoms with Crippen LogP contribution in [0, 0.1) is 0 Å². The first-order chi connectivity index (χ1) is 10.8. The first kappa shape index (κ1) is 13.9. The second-order valence-corrected chi connectivity index (χ2v) is 4.63. The van der Waals surface area contributed by atoms with Crippen LogP contribution in [-0.2, 0) is 13.1 Å². The van der Waals surface area contributed by atoms with Crippen LogP contribution in [-0.4, -0.2) is 10.9 Å². The highest BCUT2D eigenvalue weighted by Crippen LogP contribution is 2.09. The zero-order valence-electron chi connectivity index (χ0n) is 11.8. The molecule has 0 aliphatic heterocycles. The minimum absolute atomic E-state index is 0.242. The molecule has 0 atom stereocenters. The fraction of sp³-hybridized carbons (Fsp3) is 0.125. The highest BCUT2D eigenvalue weighted by Gasteiger charge is 2.07. The van der Waals surface area contributed by atoms with Gasteiger partial charge in [0.15, 0.2) is 0 Å². The predicted molar refractivity (Wildman–Crippen MR) is 80.1 cm³/mol. The Bertz CT molecular complexity index is 704. The average Bonchev–Trinajstić information content (AvgIpc) is 3.24. The van der Waals surface area contributed by atoms with E-state index < -0.39 is 0 Å². The normalized spacial score (nSPS) is 10.4. The van der Waals surface area contributed by atoms with Gasteiger partial charge >= 0.3 is 0 Å². The van der Waals surface area contributed by atoms with E-state index in [9.17, 15) is 4.79 Å². The smallest absolute Gasteiger partial charge is 0.270 e. The van der Waals surface area contributed by atoms with Gasteiger partial charge in [-0.15, -0.1) is 0 Å². The Kier molecular flexibility index (Phi) is 4.20. The quantitative estimate of drug-likeness (QED) is 0.731. The predicted octanol–water partition coefficient (Wildman–Crippen LogP) is 2.81. The van der Waals surface area contributed by atoms with Gasteiger partial charge in [0.05, 0.1) is 37.5 Å². The Morgan fingerprint density at radius 2 is 1.73 bits per heavy atom. The summed E-state index contributed by atoms with van der Waals surface area (Å²) in [4.78, 5) is 16.1. The van der Waals surface area contributed by atoms with Gasteiger partial charge in [-0.25, -0.2) is 4.98 Å². The molecule has 0 spiro atoms. The van der Waals surface area contributed by atoms with Crippen LogP contribution >= 0.6 is 0 Å². The van der Waals surface area contributed by atoms with Crippen molar-refractivity contribution in [3.8, 4) is 0 Å². The van der Waals surface area contributed by atoms with Crippen LogP contribution in [0.15, 0.2) is 64.0 Å². The van der Waals surface area contributed by atoms with Crippen LogP contribution in [0.1, 0.15) is 22.0 Å². The van der Waals surface area contributed by atoms with E-state index >= 15 is 0 Å². The van der Waals surface area contributed by atoms with Gasteiger partial charge in [-0.1, -0.05) is 0 Å². The van der Waals surface area contributed by atoms with Crippen molar-refractivity contribution in [2.24, 2.45) is 0 Å². The van der Waals surface area contributed by atoms with E-state index in [1.807, 2.05) is 12.1 Å². The fourth-order valence-corrected chi connectivity index (χ4v) is 1.91. The Morgan fingerprint density at radius 1 is 1.00 bits per heavy atom. The zero-order valence-corrected chi connectivity index (χ0v) is 11.8. The van der Waals surface area contributed by atoms with E-state index in [4.69, 9.17) is 8.83 Å². The lowest BCUT2D eigenvalue weighted by molar-refractivity contribution is 0.0943. The van der Waals surface area contributed by atoms with Crippen LogP contribution < -0.4 is 10.6 Å². The van der Waals surface area contributed by atoms with E-state index in [0.29, 0.717) is 24.5 Å². The van der Waals surface area contributed by atoms with E-state index in [1.54, 1.807) is 43.0 Å². The number of nitrogens with zero attached hydrogens (tertiary/aromatic N) is 1. The molecular formula is C16H15N3O3. The second-order valence-electron chi connectivity index (χ2n) is 4.63. The lowest BCUT2D eigenvalue weighted by atomic mass is 10.3. The molecule has 1 amide bonds. The molecule has 6 nitrogen and oxygen atoms in total. The number of carbonyl (C=O) groups excluding carboxylic acids is 1. The topological polar surface area (TPSA) is 80.3 Å². The van der Waals surface area contributed by atoms with Crippen molar-refractivity contribution in [3.05, 3.63) is 72.3 Å². The monoisotopic (exact) mass is 297 g/mol. The lowest BCUT2D eigenvalue weighted by Crippen LogP contribution is -2.23. The lowest BCUT2D eigenvalue weighted by Gasteiger charge is -2.06. The van der Waals surface area contributed by atoms with Crippen molar-refractivity contribution in [1.82, 2.24) is 10.3 Å². The molecule has 0 saturated carbocycles. The summed E-state index contributed by atoms with van der Waals surface area (Å²) in [7, 11) is 0. The summed E-state index contributed by atoms with van der Waals surface area (Å²) in [6.07, 6.45) is 4.81. The number of nitrogens with one attached hydrogen (secondary N) is 2.